The SMILES string of the molecule is FC(F)(F)c1ccc(-c2nc(-c3ccccc3)c(-c3ccccc3)c3cc(C(F)(F)F)ccc23)cc1. The van der Waals surface area contributed by atoms with Gasteiger partial charge in [-0.05, 0) is 35.2 Å². The summed E-state index contributed by atoms with van der Waals surface area (Å²) in [5.74, 6) is 0. The lowest BCUT2D eigenvalue weighted by atomic mass is 9.90. The maximum atomic E-state index is 13.7. The summed E-state index contributed by atoms with van der Waals surface area (Å²) in [6, 6.07) is 25.8. The molecule has 0 unspecified atom stereocenters. The highest BCUT2D eigenvalue weighted by Gasteiger charge is 2.32. The molecule has 1 aromatic heterocycles. The van der Waals surface area contributed by atoms with E-state index in [1.165, 1.54) is 18.2 Å². The fourth-order valence-corrected chi connectivity index (χ4v) is 4.23. The van der Waals surface area contributed by atoms with Crippen LogP contribution in [-0.2, 0) is 12.4 Å². The molecule has 0 spiro atoms. The van der Waals surface area contributed by atoms with Gasteiger partial charge >= 0.3 is 12.4 Å². The van der Waals surface area contributed by atoms with E-state index < -0.39 is 23.5 Å². The van der Waals surface area contributed by atoms with E-state index in [2.05, 4.69) is 0 Å². The number of halogens is 6. The molecule has 0 aliphatic carbocycles. The van der Waals surface area contributed by atoms with E-state index in [4.69, 9.17) is 4.98 Å². The summed E-state index contributed by atoms with van der Waals surface area (Å²) in [4.78, 5) is 4.84. The normalized spacial score (nSPS) is 12.2. The molecule has 180 valence electrons. The number of nitrogens with zero attached hydrogens (tertiary/aromatic N) is 1. The quantitative estimate of drug-likeness (QED) is 0.228. The summed E-state index contributed by atoms with van der Waals surface area (Å²) in [5.41, 5.74) is 1.31. The van der Waals surface area contributed by atoms with Crippen LogP contribution in [0.2, 0.25) is 0 Å². The maximum absolute atomic E-state index is 13.7. The number of fused-ring (bicyclic) bond motifs is 1. The Morgan fingerprint density at radius 3 is 1.50 bits per heavy atom. The van der Waals surface area contributed by atoms with Crippen LogP contribution >= 0.6 is 0 Å². The van der Waals surface area contributed by atoms with Crippen LogP contribution in [0.15, 0.2) is 103 Å². The number of hydrogen-bond donors (Lipinski definition) is 0. The second-order valence-corrected chi connectivity index (χ2v) is 8.25. The van der Waals surface area contributed by atoms with Gasteiger partial charge in [0.25, 0.3) is 0 Å². The lowest BCUT2D eigenvalue weighted by molar-refractivity contribution is -0.138. The Labute approximate surface area is 202 Å². The largest absolute Gasteiger partial charge is 0.416 e. The zero-order valence-electron chi connectivity index (χ0n) is 18.5. The Hall–Kier alpha value is -4.13. The van der Waals surface area contributed by atoms with Crippen molar-refractivity contribution in [2.75, 3.05) is 0 Å². The first kappa shape index (κ1) is 23.6. The predicted molar refractivity (Wildman–Crippen MR) is 128 cm³/mol. The number of alkyl halides is 6. The highest BCUT2D eigenvalue weighted by molar-refractivity contribution is 6.08. The van der Waals surface area contributed by atoms with Crippen molar-refractivity contribution in [2.24, 2.45) is 0 Å². The molecule has 4 aromatic carbocycles. The molecule has 0 fully saturated rings. The molecule has 0 aliphatic rings. The van der Waals surface area contributed by atoms with Gasteiger partial charge in [-0.3, -0.25) is 0 Å². The van der Waals surface area contributed by atoms with E-state index >= 15 is 0 Å². The van der Waals surface area contributed by atoms with Gasteiger partial charge in [0.05, 0.1) is 22.5 Å². The minimum Gasteiger partial charge on any atom is -0.246 e. The minimum absolute atomic E-state index is 0.297. The molecule has 0 atom stereocenters. The van der Waals surface area contributed by atoms with Crippen molar-refractivity contribution in [3.63, 3.8) is 0 Å². The van der Waals surface area contributed by atoms with Gasteiger partial charge in [-0.1, -0.05) is 78.9 Å². The lowest BCUT2D eigenvalue weighted by Gasteiger charge is -2.18. The van der Waals surface area contributed by atoms with Gasteiger partial charge in [0.1, 0.15) is 0 Å². The van der Waals surface area contributed by atoms with Crippen molar-refractivity contribution >= 4 is 10.8 Å². The fraction of sp³-hybridized carbons (Fsp3) is 0.0690. The number of aromatic nitrogens is 1. The zero-order chi connectivity index (χ0) is 25.5. The van der Waals surface area contributed by atoms with Gasteiger partial charge in [0.15, 0.2) is 0 Å². The van der Waals surface area contributed by atoms with Crippen LogP contribution in [0.1, 0.15) is 11.1 Å². The van der Waals surface area contributed by atoms with Crippen LogP contribution in [0.5, 0.6) is 0 Å². The monoisotopic (exact) mass is 493 g/mol. The average Bonchev–Trinajstić information content (AvgIpc) is 2.87. The summed E-state index contributed by atoms with van der Waals surface area (Å²) < 4.78 is 80.6. The Balaban J connectivity index is 1.89. The summed E-state index contributed by atoms with van der Waals surface area (Å²) in [5, 5.41) is 0.709. The third-order valence-corrected chi connectivity index (χ3v) is 5.93. The first-order valence-corrected chi connectivity index (χ1v) is 11.0. The van der Waals surface area contributed by atoms with Crippen molar-refractivity contribution < 1.29 is 26.3 Å². The van der Waals surface area contributed by atoms with Crippen LogP contribution in [0, 0.1) is 0 Å². The Kier molecular flexibility index (Phi) is 5.79. The summed E-state index contributed by atoms with van der Waals surface area (Å²) in [7, 11) is 0. The molecule has 0 bridgehead atoms. The standard InChI is InChI=1S/C29H17F6N/c30-28(31,32)21-13-11-20(12-14-21)26-23-16-15-22(29(33,34)35)17-24(23)25(18-7-3-1-4-8-18)27(36-26)19-9-5-2-6-10-19/h1-17H. The van der Waals surface area contributed by atoms with E-state index in [1.807, 2.05) is 6.07 Å². The molecule has 0 amide bonds. The average molecular weight is 493 g/mol. The third kappa shape index (κ3) is 4.44. The highest BCUT2D eigenvalue weighted by Crippen LogP contribution is 2.43. The Morgan fingerprint density at radius 2 is 0.944 bits per heavy atom. The van der Waals surface area contributed by atoms with Crippen molar-refractivity contribution in [2.45, 2.75) is 12.4 Å². The maximum Gasteiger partial charge on any atom is 0.416 e. The molecule has 7 heteroatoms. The topological polar surface area (TPSA) is 12.9 Å². The van der Waals surface area contributed by atoms with Crippen molar-refractivity contribution in [1.29, 1.82) is 0 Å². The smallest absolute Gasteiger partial charge is 0.246 e. The number of hydrogen-bond acceptors (Lipinski definition) is 1. The van der Waals surface area contributed by atoms with Crippen molar-refractivity contribution in [1.82, 2.24) is 4.98 Å². The molecule has 0 N–H and O–H groups in total. The Morgan fingerprint density at radius 1 is 0.444 bits per heavy atom. The first-order chi connectivity index (χ1) is 17.1. The zero-order valence-corrected chi connectivity index (χ0v) is 18.5. The Bertz CT molecular complexity index is 1520. The minimum atomic E-state index is -4.58. The van der Waals surface area contributed by atoms with E-state index in [0.717, 1.165) is 24.3 Å². The van der Waals surface area contributed by atoms with E-state index in [9.17, 15) is 26.3 Å². The van der Waals surface area contributed by atoms with Crippen LogP contribution in [0.25, 0.3) is 44.4 Å². The molecule has 0 radical (unpaired) electrons. The van der Waals surface area contributed by atoms with Crippen LogP contribution in [-0.4, -0.2) is 4.98 Å². The van der Waals surface area contributed by atoms with E-state index in [1.54, 1.807) is 54.6 Å². The van der Waals surface area contributed by atoms with Crippen LogP contribution < -0.4 is 0 Å². The number of benzene rings is 4. The summed E-state index contributed by atoms with van der Waals surface area (Å²) >= 11 is 0. The second-order valence-electron chi connectivity index (χ2n) is 8.25. The van der Waals surface area contributed by atoms with Gasteiger partial charge in [-0.2, -0.15) is 26.3 Å². The lowest BCUT2D eigenvalue weighted by Crippen LogP contribution is -2.06. The van der Waals surface area contributed by atoms with Crippen molar-refractivity contribution in [3.8, 4) is 33.6 Å². The van der Waals surface area contributed by atoms with Crippen LogP contribution in [0.3, 0.4) is 0 Å². The molecule has 5 rings (SSSR count). The number of pyridine rings is 1. The summed E-state index contributed by atoms with van der Waals surface area (Å²) in [6.07, 6.45) is -9.09. The van der Waals surface area contributed by atoms with Crippen LogP contribution in [0.4, 0.5) is 26.3 Å². The molecule has 36 heavy (non-hydrogen) atoms. The molecule has 5 aromatic rings. The number of rotatable bonds is 3. The molecular formula is C29H17F6N. The van der Waals surface area contributed by atoms with E-state index in [-0.39, 0.29) is 0 Å². The second kappa shape index (κ2) is 8.82. The predicted octanol–water partition coefficient (Wildman–Crippen LogP) is 9.27. The molecule has 0 saturated heterocycles. The molecule has 1 heterocycles. The first-order valence-electron chi connectivity index (χ1n) is 11.0. The molecule has 0 saturated carbocycles. The van der Waals surface area contributed by atoms with Gasteiger partial charge in [-0.15, -0.1) is 0 Å². The van der Waals surface area contributed by atoms with Gasteiger partial charge in [0, 0.05) is 22.1 Å². The molecule has 1 nitrogen and oxygen atoms in total. The highest BCUT2D eigenvalue weighted by atomic mass is 19.4. The van der Waals surface area contributed by atoms with Gasteiger partial charge < -0.3 is 0 Å². The molecular weight excluding hydrogens is 476 g/mol. The fourth-order valence-electron chi connectivity index (χ4n) is 4.23. The van der Waals surface area contributed by atoms with Gasteiger partial charge in [-0.25, -0.2) is 4.98 Å². The van der Waals surface area contributed by atoms with E-state index in [0.29, 0.717) is 44.4 Å². The van der Waals surface area contributed by atoms with Gasteiger partial charge in [0.2, 0.25) is 0 Å². The third-order valence-electron chi connectivity index (χ3n) is 5.93. The summed E-state index contributed by atoms with van der Waals surface area (Å²) in [6.45, 7) is 0. The van der Waals surface area contributed by atoms with Crippen molar-refractivity contribution in [3.05, 3.63) is 114 Å². The molecule has 0 aliphatic heterocycles.